The summed E-state index contributed by atoms with van der Waals surface area (Å²) >= 11 is 0. The first-order valence-electron chi connectivity index (χ1n) is 8.82. The van der Waals surface area contributed by atoms with E-state index in [2.05, 4.69) is 0 Å². The first-order chi connectivity index (χ1) is 12.6. The van der Waals surface area contributed by atoms with Crippen molar-refractivity contribution in [2.24, 2.45) is 0 Å². The van der Waals surface area contributed by atoms with E-state index < -0.39 is 18.3 Å². The van der Waals surface area contributed by atoms with Gasteiger partial charge in [0.15, 0.2) is 12.6 Å². The molecule has 27 heavy (non-hydrogen) atoms. The number of carbonyl (C=O) groups is 1. The van der Waals surface area contributed by atoms with Gasteiger partial charge in [0.05, 0.1) is 11.2 Å². The molecule has 0 bridgehead atoms. The molecular formula is C19H26BNO6. The van der Waals surface area contributed by atoms with Crippen molar-refractivity contribution < 1.29 is 28.0 Å². The minimum absolute atomic E-state index is 0.0827. The third-order valence-corrected chi connectivity index (χ3v) is 5.11. The zero-order chi connectivity index (χ0) is 20.0. The summed E-state index contributed by atoms with van der Waals surface area (Å²) in [6.07, 6.45) is 0. The minimum Gasteiger partial charge on any atom is -0.468 e. The van der Waals surface area contributed by atoms with E-state index in [-0.39, 0.29) is 18.5 Å². The summed E-state index contributed by atoms with van der Waals surface area (Å²) in [4.78, 5) is 13.7. The van der Waals surface area contributed by atoms with E-state index in [0.29, 0.717) is 16.8 Å². The van der Waals surface area contributed by atoms with Crippen molar-refractivity contribution in [3.63, 3.8) is 0 Å². The molecule has 1 fully saturated rings. The van der Waals surface area contributed by atoms with Gasteiger partial charge >= 0.3 is 7.12 Å². The van der Waals surface area contributed by atoms with Crippen molar-refractivity contribution in [3.8, 4) is 5.75 Å². The second kappa shape index (κ2) is 6.85. The molecule has 0 radical (unpaired) electrons. The van der Waals surface area contributed by atoms with Crippen LogP contribution in [-0.2, 0) is 14.0 Å². The summed E-state index contributed by atoms with van der Waals surface area (Å²) in [5.74, 6) is 0.619. The van der Waals surface area contributed by atoms with E-state index in [4.69, 9.17) is 23.2 Å². The Hall–Kier alpha value is -2.03. The van der Waals surface area contributed by atoms with Crippen LogP contribution in [0.4, 0.5) is 0 Å². The topological polar surface area (TPSA) is 70.4 Å². The highest BCUT2D eigenvalue weighted by atomic mass is 16.7. The minimum atomic E-state index is -0.621. The number of benzene rings is 1. The molecule has 1 aromatic heterocycles. The highest BCUT2D eigenvalue weighted by Gasteiger charge is 2.52. The molecule has 1 aliphatic heterocycles. The lowest BCUT2D eigenvalue weighted by molar-refractivity contribution is 0.00578. The van der Waals surface area contributed by atoms with Crippen LogP contribution >= 0.6 is 0 Å². The van der Waals surface area contributed by atoms with Gasteiger partial charge in [-0.2, -0.15) is 0 Å². The highest BCUT2D eigenvalue weighted by Crippen LogP contribution is 2.37. The van der Waals surface area contributed by atoms with Gasteiger partial charge in [0, 0.05) is 32.1 Å². The fourth-order valence-corrected chi connectivity index (χ4v) is 2.81. The SMILES string of the molecule is COCOc1cc2cc(C(=O)N(C)C)oc2cc1B1OC(C)(C)C(C)(C)O1. The van der Waals surface area contributed by atoms with Crippen molar-refractivity contribution in [1.29, 1.82) is 0 Å². The number of hydrogen-bond donors (Lipinski definition) is 0. The van der Waals surface area contributed by atoms with E-state index in [0.717, 1.165) is 5.39 Å². The summed E-state index contributed by atoms with van der Waals surface area (Å²) in [6.45, 7) is 8.03. The molecule has 0 N–H and O–H groups in total. The molecule has 0 aliphatic carbocycles. The smallest absolute Gasteiger partial charge is 0.468 e. The number of amides is 1. The van der Waals surface area contributed by atoms with Crippen molar-refractivity contribution in [2.45, 2.75) is 38.9 Å². The molecule has 0 atom stereocenters. The second-order valence-corrected chi connectivity index (χ2v) is 7.88. The zero-order valence-electron chi connectivity index (χ0n) is 16.9. The molecule has 1 aromatic carbocycles. The standard InChI is InChI=1S/C19H26BNO6/c1-18(2)19(3,4)27-20(26-18)13-10-14-12(8-15(13)24-11-23-7)9-16(25-14)17(22)21(5)6/h8-10H,11H2,1-7H3. The number of furan rings is 1. The maximum atomic E-state index is 12.2. The third-order valence-electron chi connectivity index (χ3n) is 5.11. The molecule has 2 aromatic rings. The average molecular weight is 375 g/mol. The van der Waals surface area contributed by atoms with Crippen LogP contribution in [0, 0.1) is 0 Å². The van der Waals surface area contributed by atoms with Crippen LogP contribution in [0.3, 0.4) is 0 Å². The Labute approximate surface area is 159 Å². The molecule has 1 saturated heterocycles. The van der Waals surface area contributed by atoms with E-state index >= 15 is 0 Å². The fourth-order valence-electron chi connectivity index (χ4n) is 2.81. The normalized spacial score (nSPS) is 18.1. The average Bonchev–Trinajstić information content (AvgIpc) is 3.08. The molecule has 2 heterocycles. The second-order valence-electron chi connectivity index (χ2n) is 7.88. The van der Waals surface area contributed by atoms with Crippen molar-refractivity contribution in [2.75, 3.05) is 28.0 Å². The molecule has 0 saturated carbocycles. The molecule has 3 rings (SSSR count). The summed E-state index contributed by atoms with van der Waals surface area (Å²) < 4.78 is 28.9. The van der Waals surface area contributed by atoms with Crippen LogP contribution in [0.25, 0.3) is 11.0 Å². The van der Waals surface area contributed by atoms with Crippen LogP contribution in [-0.4, -0.2) is 57.1 Å². The van der Waals surface area contributed by atoms with E-state index in [1.807, 2.05) is 33.8 Å². The van der Waals surface area contributed by atoms with Gasteiger partial charge in [-0.1, -0.05) is 0 Å². The number of carbonyl (C=O) groups excluding carboxylic acids is 1. The number of rotatable bonds is 5. The number of hydrogen-bond acceptors (Lipinski definition) is 6. The Morgan fingerprint density at radius 1 is 1.11 bits per heavy atom. The Bertz CT molecular complexity index is 841. The van der Waals surface area contributed by atoms with Gasteiger partial charge in [-0.15, -0.1) is 0 Å². The zero-order valence-corrected chi connectivity index (χ0v) is 16.9. The van der Waals surface area contributed by atoms with Gasteiger partial charge in [0.1, 0.15) is 11.3 Å². The molecule has 146 valence electrons. The van der Waals surface area contributed by atoms with Crippen LogP contribution < -0.4 is 10.2 Å². The van der Waals surface area contributed by atoms with Gasteiger partial charge < -0.3 is 28.1 Å². The molecule has 1 aliphatic rings. The number of methoxy groups -OCH3 is 1. The van der Waals surface area contributed by atoms with Gasteiger partial charge in [-0.05, 0) is 45.9 Å². The summed E-state index contributed by atoms with van der Waals surface area (Å²) in [7, 11) is 4.29. The number of nitrogens with zero attached hydrogens (tertiary/aromatic N) is 1. The third kappa shape index (κ3) is 3.57. The number of ether oxygens (including phenoxy) is 2. The Kier molecular flexibility index (Phi) is 5.01. The maximum absolute atomic E-state index is 12.2. The van der Waals surface area contributed by atoms with Crippen LogP contribution in [0.5, 0.6) is 5.75 Å². The summed E-state index contributed by atoms with van der Waals surface area (Å²) in [6, 6.07) is 5.31. The van der Waals surface area contributed by atoms with Crippen LogP contribution in [0.15, 0.2) is 22.6 Å². The largest absolute Gasteiger partial charge is 0.498 e. The lowest BCUT2D eigenvalue weighted by Crippen LogP contribution is -2.41. The highest BCUT2D eigenvalue weighted by molar-refractivity contribution is 6.63. The molecule has 8 heteroatoms. The lowest BCUT2D eigenvalue weighted by atomic mass is 9.78. The Morgan fingerprint density at radius 3 is 2.30 bits per heavy atom. The predicted octanol–water partition coefficient (Wildman–Crippen LogP) is 2.42. The predicted molar refractivity (Wildman–Crippen MR) is 102 cm³/mol. The Balaban J connectivity index is 2.06. The quantitative estimate of drug-likeness (QED) is 0.591. The maximum Gasteiger partial charge on any atom is 0.498 e. The van der Waals surface area contributed by atoms with Crippen LogP contribution in [0.2, 0.25) is 0 Å². The van der Waals surface area contributed by atoms with Crippen molar-refractivity contribution in [1.82, 2.24) is 4.90 Å². The molecule has 1 amide bonds. The first-order valence-corrected chi connectivity index (χ1v) is 8.82. The van der Waals surface area contributed by atoms with E-state index in [1.54, 1.807) is 33.3 Å². The van der Waals surface area contributed by atoms with Crippen LogP contribution in [0.1, 0.15) is 38.2 Å². The van der Waals surface area contributed by atoms with E-state index in [1.165, 1.54) is 4.90 Å². The molecular weight excluding hydrogens is 349 g/mol. The van der Waals surface area contributed by atoms with Crippen molar-refractivity contribution in [3.05, 3.63) is 24.0 Å². The molecule has 7 nitrogen and oxygen atoms in total. The monoisotopic (exact) mass is 375 g/mol. The first kappa shape index (κ1) is 19.7. The summed E-state index contributed by atoms with van der Waals surface area (Å²) in [5, 5.41) is 0.756. The molecule has 0 unspecified atom stereocenters. The fraction of sp³-hybridized carbons (Fsp3) is 0.526. The number of fused-ring (bicyclic) bond motifs is 1. The van der Waals surface area contributed by atoms with Gasteiger partial charge in [-0.25, -0.2) is 0 Å². The van der Waals surface area contributed by atoms with Crippen molar-refractivity contribution >= 4 is 29.5 Å². The van der Waals surface area contributed by atoms with E-state index in [9.17, 15) is 4.79 Å². The summed E-state index contributed by atoms with van der Waals surface area (Å²) in [5.41, 5.74) is 0.284. The van der Waals surface area contributed by atoms with Gasteiger partial charge in [0.2, 0.25) is 0 Å². The van der Waals surface area contributed by atoms with Gasteiger partial charge in [-0.3, -0.25) is 4.79 Å². The van der Waals surface area contributed by atoms with Gasteiger partial charge in [0.25, 0.3) is 5.91 Å². The molecule has 0 spiro atoms. The Morgan fingerprint density at radius 2 is 1.74 bits per heavy atom. The lowest BCUT2D eigenvalue weighted by Gasteiger charge is -2.32.